The monoisotopic (exact) mass is 290 g/mol. The maximum atomic E-state index is 6.07. The number of nitrogens with one attached hydrogen (secondary N) is 1. The minimum atomic E-state index is 0.558. The molecule has 1 unspecified atom stereocenters. The fraction of sp³-hybridized carbons (Fsp3) is 0.667. The van der Waals surface area contributed by atoms with E-state index in [0.29, 0.717) is 12.0 Å². The van der Waals surface area contributed by atoms with Crippen molar-refractivity contribution in [3.8, 4) is 5.75 Å². The number of benzene rings is 1. The molecule has 118 valence electrons. The Labute approximate surface area is 129 Å². The molecular formula is C18H30N2O. The molecule has 3 heteroatoms. The van der Waals surface area contributed by atoms with E-state index in [2.05, 4.69) is 56.2 Å². The zero-order valence-electron chi connectivity index (χ0n) is 14.0. The summed E-state index contributed by atoms with van der Waals surface area (Å²) in [7, 11) is 2.19. The Balaban J connectivity index is 1.87. The first-order valence-corrected chi connectivity index (χ1v) is 8.19. The van der Waals surface area contributed by atoms with Gasteiger partial charge in [-0.3, -0.25) is 0 Å². The van der Waals surface area contributed by atoms with Crippen LogP contribution in [0.5, 0.6) is 5.75 Å². The standard InChI is InChI=1S/C18H30N2O/c1-14(2)11-16-12-15(3)5-6-18(16)21-10-7-17-13-20(4)9-8-19-17/h5-6,12,14,17,19H,7-11,13H2,1-4H3. The van der Waals surface area contributed by atoms with Gasteiger partial charge < -0.3 is 15.0 Å². The van der Waals surface area contributed by atoms with Crippen molar-refractivity contribution in [3.05, 3.63) is 29.3 Å². The zero-order valence-corrected chi connectivity index (χ0v) is 14.0. The highest BCUT2D eigenvalue weighted by Crippen LogP contribution is 2.23. The summed E-state index contributed by atoms with van der Waals surface area (Å²) >= 11 is 0. The number of aryl methyl sites for hydroxylation is 1. The second-order valence-electron chi connectivity index (χ2n) is 6.76. The van der Waals surface area contributed by atoms with E-state index in [0.717, 1.165) is 44.8 Å². The van der Waals surface area contributed by atoms with Crippen LogP contribution in [0.3, 0.4) is 0 Å². The molecule has 0 aliphatic carbocycles. The predicted octanol–water partition coefficient (Wildman–Crippen LogP) is 2.87. The van der Waals surface area contributed by atoms with Crippen LogP contribution < -0.4 is 10.1 Å². The Bertz CT molecular complexity index is 445. The average molecular weight is 290 g/mol. The van der Waals surface area contributed by atoms with Crippen LogP contribution in [0.2, 0.25) is 0 Å². The van der Waals surface area contributed by atoms with Gasteiger partial charge in [0.25, 0.3) is 0 Å². The molecule has 0 spiro atoms. The lowest BCUT2D eigenvalue weighted by atomic mass is 10.0. The lowest BCUT2D eigenvalue weighted by Crippen LogP contribution is -2.49. The molecule has 0 bridgehead atoms. The van der Waals surface area contributed by atoms with E-state index in [1.54, 1.807) is 0 Å². The summed E-state index contributed by atoms with van der Waals surface area (Å²) in [6.45, 7) is 10.8. The number of nitrogens with zero attached hydrogens (tertiary/aromatic N) is 1. The third-order valence-electron chi connectivity index (χ3n) is 4.03. The van der Waals surface area contributed by atoms with Crippen molar-refractivity contribution in [2.24, 2.45) is 5.92 Å². The second-order valence-corrected chi connectivity index (χ2v) is 6.76. The highest BCUT2D eigenvalue weighted by atomic mass is 16.5. The predicted molar refractivity (Wildman–Crippen MR) is 89.1 cm³/mol. The molecule has 1 heterocycles. The first-order valence-electron chi connectivity index (χ1n) is 8.19. The molecule has 0 amide bonds. The van der Waals surface area contributed by atoms with Crippen LogP contribution in [0.25, 0.3) is 0 Å². The molecule has 3 nitrogen and oxygen atoms in total. The van der Waals surface area contributed by atoms with Gasteiger partial charge in [0.2, 0.25) is 0 Å². The van der Waals surface area contributed by atoms with Crippen LogP contribution in [0.4, 0.5) is 0 Å². The van der Waals surface area contributed by atoms with E-state index in [9.17, 15) is 0 Å². The zero-order chi connectivity index (χ0) is 15.2. The largest absolute Gasteiger partial charge is 0.493 e. The summed E-state index contributed by atoms with van der Waals surface area (Å²) in [5.41, 5.74) is 2.66. The molecule has 0 saturated carbocycles. The van der Waals surface area contributed by atoms with Gasteiger partial charge >= 0.3 is 0 Å². The van der Waals surface area contributed by atoms with Crippen molar-refractivity contribution in [1.82, 2.24) is 10.2 Å². The van der Waals surface area contributed by atoms with Crippen molar-refractivity contribution >= 4 is 0 Å². The molecule has 1 atom stereocenters. The number of likely N-dealkylation sites (N-methyl/N-ethyl adjacent to an activating group) is 1. The van der Waals surface area contributed by atoms with Crippen molar-refractivity contribution in [1.29, 1.82) is 0 Å². The van der Waals surface area contributed by atoms with Crippen molar-refractivity contribution < 1.29 is 4.74 Å². The Kier molecular flexibility index (Phi) is 6.07. The SMILES string of the molecule is Cc1ccc(OCCC2CN(C)CCN2)c(CC(C)C)c1. The van der Waals surface area contributed by atoms with Crippen molar-refractivity contribution in [2.45, 2.75) is 39.7 Å². The van der Waals surface area contributed by atoms with Gasteiger partial charge in [0.05, 0.1) is 6.61 Å². The topological polar surface area (TPSA) is 24.5 Å². The molecule has 1 aromatic carbocycles. The molecule has 1 N–H and O–H groups in total. The maximum absolute atomic E-state index is 6.07. The number of ether oxygens (including phenoxy) is 1. The minimum Gasteiger partial charge on any atom is -0.493 e. The number of hydrogen-bond acceptors (Lipinski definition) is 3. The Morgan fingerprint density at radius 2 is 2.19 bits per heavy atom. The second kappa shape index (κ2) is 7.81. The van der Waals surface area contributed by atoms with E-state index in [4.69, 9.17) is 4.74 Å². The molecule has 2 rings (SSSR count). The molecular weight excluding hydrogens is 260 g/mol. The fourth-order valence-electron chi connectivity index (χ4n) is 2.94. The minimum absolute atomic E-state index is 0.558. The molecule has 1 aliphatic rings. The lowest BCUT2D eigenvalue weighted by molar-refractivity contribution is 0.205. The number of piperazine rings is 1. The fourth-order valence-corrected chi connectivity index (χ4v) is 2.94. The quantitative estimate of drug-likeness (QED) is 0.872. The van der Waals surface area contributed by atoms with Crippen LogP contribution in [0, 0.1) is 12.8 Å². The molecule has 0 aromatic heterocycles. The van der Waals surface area contributed by atoms with Gasteiger partial charge in [-0.1, -0.05) is 31.5 Å². The number of hydrogen-bond donors (Lipinski definition) is 1. The van der Waals surface area contributed by atoms with Crippen LogP contribution in [0.1, 0.15) is 31.4 Å². The van der Waals surface area contributed by atoms with Crippen molar-refractivity contribution in [3.63, 3.8) is 0 Å². The van der Waals surface area contributed by atoms with Crippen LogP contribution >= 0.6 is 0 Å². The third kappa shape index (κ3) is 5.33. The summed E-state index contributed by atoms with van der Waals surface area (Å²) in [4.78, 5) is 2.39. The van der Waals surface area contributed by atoms with Crippen LogP contribution in [0.15, 0.2) is 18.2 Å². The third-order valence-corrected chi connectivity index (χ3v) is 4.03. The van der Waals surface area contributed by atoms with E-state index >= 15 is 0 Å². The summed E-state index contributed by atoms with van der Waals surface area (Å²) < 4.78 is 6.07. The van der Waals surface area contributed by atoms with E-state index in [1.807, 2.05) is 0 Å². The van der Waals surface area contributed by atoms with Gasteiger partial charge in [-0.25, -0.2) is 0 Å². The number of rotatable bonds is 6. The molecule has 0 radical (unpaired) electrons. The summed E-state index contributed by atoms with van der Waals surface area (Å²) in [6.07, 6.45) is 2.15. The molecule has 1 aromatic rings. The molecule has 1 saturated heterocycles. The molecule has 1 aliphatic heterocycles. The van der Waals surface area contributed by atoms with Gasteiger partial charge in [0.15, 0.2) is 0 Å². The highest BCUT2D eigenvalue weighted by molar-refractivity contribution is 5.37. The van der Waals surface area contributed by atoms with Crippen LogP contribution in [-0.2, 0) is 6.42 Å². The molecule has 1 fully saturated rings. The van der Waals surface area contributed by atoms with E-state index in [1.165, 1.54) is 11.1 Å². The van der Waals surface area contributed by atoms with Gasteiger partial charge in [-0.05, 0) is 44.4 Å². The van der Waals surface area contributed by atoms with Gasteiger partial charge in [-0.15, -0.1) is 0 Å². The van der Waals surface area contributed by atoms with E-state index < -0.39 is 0 Å². The normalized spacial score (nSPS) is 20.0. The summed E-state index contributed by atoms with van der Waals surface area (Å²) in [5.74, 6) is 1.72. The van der Waals surface area contributed by atoms with Gasteiger partial charge in [0.1, 0.15) is 5.75 Å². The first-order chi connectivity index (χ1) is 10.0. The Morgan fingerprint density at radius 3 is 2.90 bits per heavy atom. The van der Waals surface area contributed by atoms with E-state index in [-0.39, 0.29) is 0 Å². The average Bonchev–Trinajstić information content (AvgIpc) is 2.41. The first kappa shape index (κ1) is 16.3. The molecule has 21 heavy (non-hydrogen) atoms. The van der Waals surface area contributed by atoms with Gasteiger partial charge in [0, 0.05) is 25.7 Å². The Hall–Kier alpha value is -1.06. The summed E-state index contributed by atoms with van der Waals surface area (Å²) in [6, 6.07) is 7.10. The Morgan fingerprint density at radius 1 is 1.38 bits per heavy atom. The lowest BCUT2D eigenvalue weighted by Gasteiger charge is -2.30. The van der Waals surface area contributed by atoms with Crippen LogP contribution in [-0.4, -0.2) is 44.2 Å². The summed E-state index contributed by atoms with van der Waals surface area (Å²) in [5, 5.41) is 3.57. The van der Waals surface area contributed by atoms with Crippen molar-refractivity contribution in [2.75, 3.05) is 33.3 Å². The smallest absolute Gasteiger partial charge is 0.122 e. The van der Waals surface area contributed by atoms with Gasteiger partial charge in [-0.2, -0.15) is 0 Å². The maximum Gasteiger partial charge on any atom is 0.122 e. The highest BCUT2D eigenvalue weighted by Gasteiger charge is 2.16.